The highest BCUT2D eigenvalue weighted by molar-refractivity contribution is 5.72. The molecular weight excluding hydrogens is 242 g/mol. The molecule has 0 saturated carbocycles. The summed E-state index contributed by atoms with van der Waals surface area (Å²) in [7, 11) is 0. The van der Waals surface area contributed by atoms with Crippen molar-refractivity contribution in [1.29, 1.82) is 0 Å². The SMILES string of the molecule is CC(CNCCCCO)C(=O)OCc1ccccc1. The summed E-state index contributed by atoms with van der Waals surface area (Å²) in [6.07, 6.45) is 1.71. The normalized spacial score (nSPS) is 12.1. The first-order chi connectivity index (χ1) is 9.24. The molecule has 0 bridgehead atoms. The quantitative estimate of drug-likeness (QED) is 0.527. The molecule has 0 fully saturated rings. The van der Waals surface area contributed by atoms with Crippen LogP contribution in [0, 0.1) is 5.92 Å². The van der Waals surface area contributed by atoms with Gasteiger partial charge in [-0.1, -0.05) is 37.3 Å². The van der Waals surface area contributed by atoms with E-state index in [0.717, 1.165) is 24.9 Å². The summed E-state index contributed by atoms with van der Waals surface area (Å²) in [6.45, 7) is 3.83. The monoisotopic (exact) mass is 265 g/mol. The predicted octanol–water partition coefficient (Wildman–Crippen LogP) is 1.73. The lowest BCUT2D eigenvalue weighted by molar-refractivity contribution is -0.149. The van der Waals surface area contributed by atoms with E-state index in [9.17, 15) is 4.79 Å². The van der Waals surface area contributed by atoms with E-state index >= 15 is 0 Å². The van der Waals surface area contributed by atoms with Crippen LogP contribution in [0.3, 0.4) is 0 Å². The molecule has 1 atom stereocenters. The first-order valence-electron chi connectivity index (χ1n) is 6.76. The molecule has 0 aliphatic rings. The molecule has 19 heavy (non-hydrogen) atoms. The molecule has 1 rings (SSSR count). The van der Waals surface area contributed by atoms with Crippen molar-refractivity contribution in [3.63, 3.8) is 0 Å². The first kappa shape index (κ1) is 15.7. The molecule has 0 aliphatic carbocycles. The van der Waals surface area contributed by atoms with Gasteiger partial charge < -0.3 is 15.2 Å². The van der Waals surface area contributed by atoms with Crippen LogP contribution < -0.4 is 5.32 Å². The van der Waals surface area contributed by atoms with Gasteiger partial charge >= 0.3 is 5.97 Å². The van der Waals surface area contributed by atoms with Gasteiger partial charge in [0.05, 0.1) is 5.92 Å². The largest absolute Gasteiger partial charge is 0.461 e. The first-order valence-corrected chi connectivity index (χ1v) is 6.76. The number of hydrogen-bond acceptors (Lipinski definition) is 4. The van der Waals surface area contributed by atoms with Gasteiger partial charge in [0.15, 0.2) is 0 Å². The molecule has 0 radical (unpaired) electrons. The topological polar surface area (TPSA) is 58.6 Å². The molecule has 0 saturated heterocycles. The van der Waals surface area contributed by atoms with Crippen LogP contribution in [0.15, 0.2) is 30.3 Å². The Morgan fingerprint density at radius 3 is 2.74 bits per heavy atom. The number of esters is 1. The van der Waals surface area contributed by atoms with Crippen LogP contribution >= 0.6 is 0 Å². The molecule has 0 amide bonds. The second-order valence-corrected chi connectivity index (χ2v) is 4.63. The molecule has 0 spiro atoms. The van der Waals surface area contributed by atoms with E-state index in [2.05, 4.69) is 5.32 Å². The fourth-order valence-corrected chi connectivity index (χ4v) is 1.63. The summed E-state index contributed by atoms with van der Waals surface area (Å²) in [6, 6.07) is 9.66. The van der Waals surface area contributed by atoms with Crippen LogP contribution in [0.2, 0.25) is 0 Å². The summed E-state index contributed by atoms with van der Waals surface area (Å²) >= 11 is 0. The number of carbonyl (C=O) groups excluding carboxylic acids is 1. The second-order valence-electron chi connectivity index (χ2n) is 4.63. The fourth-order valence-electron chi connectivity index (χ4n) is 1.63. The Hall–Kier alpha value is -1.39. The molecule has 1 unspecified atom stereocenters. The van der Waals surface area contributed by atoms with Crippen molar-refractivity contribution < 1.29 is 14.6 Å². The number of rotatable bonds is 9. The number of hydrogen-bond donors (Lipinski definition) is 2. The van der Waals surface area contributed by atoms with Crippen LogP contribution in [-0.2, 0) is 16.1 Å². The van der Waals surface area contributed by atoms with Gasteiger partial charge in [-0.2, -0.15) is 0 Å². The Morgan fingerprint density at radius 2 is 2.05 bits per heavy atom. The van der Waals surface area contributed by atoms with E-state index in [1.165, 1.54) is 0 Å². The third-order valence-electron chi connectivity index (χ3n) is 2.84. The lowest BCUT2D eigenvalue weighted by Gasteiger charge is -2.12. The molecule has 2 N–H and O–H groups in total. The van der Waals surface area contributed by atoms with Gasteiger partial charge in [-0.3, -0.25) is 4.79 Å². The van der Waals surface area contributed by atoms with Gasteiger partial charge in [-0.25, -0.2) is 0 Å². The van der Waals surface area contributed by atoms with Crippen molar-refractivity contribution in [3.05, 3.63) is 35.9 Å². The summed E-state index contributed by atoms with van der Waals surface area (Å²) in [5.41, 5.74) is 0.999. The Morgan fingerprint density at radius 1 is 1.32 bits per heavy atom. The molecule has 4 heteroatoms. The molecular formula is C15H23NO3. The zero-order valence-corrected chi connectivity index (χ0v) is 11.5. The number of unbranched alkanes of at least 4 members (excludes halogenated alkanes) is 1. The minimum atomic E-state index is -0.182. The summed E-state index contributed by atoms with van der Waals surface area (Å²) in [5, 5.41) is 11.8. The number of benzene rings is 1. The highest BCUT2D eigenvalue weighted by Gasteiger charge is 2.13. The fraction of sp³-hybridized carbons (Fsp3) is 0.533. The predicted molar refractivity (Wildman–Crippen MR) is 74.6 cm³/mol. The van der Waals surface area contributed by atoms with E-state index < -0.39 is 0 Å². The van der Waals surface area contributed by atoms with E-state index in [-0.39, 0.29) is 18.5 Å². The van der Waals surface area contributed by atoms with Gasteiger partial charge in [-0.15, -0.1) is 0 Å². The average Bonchev–Trinajstić information content (AvgIpc) is 2.45. The standard InChI is InChI=1S/C15H23NO3/c1-13(11-16-9-5-6-10-17)15(18)19-12-14-7-3-2-4-8-14/h2-4,7-8,13,16-17H,5-6,9-12H2,1H3. The minimum Gasteiger partial charge on any atom is -0.461 e. The molecule has 0 aliphatic heterocycles. The number of aliphatic hydroxyl groups excluding tert-OH is 1. The van der Waals surface area contributed by atoms with E-state index in [4.69, 9.17) is 9.84 Å². The Balaban J connectivity index is 2.14. The van der Waals surface area contributed by atoms with Gasteiger partial charge in [0, 0.05) is 13.2 Å². The summed E-state index contributed by atoms with van der Waals surface area (Å²) in [4.78, 5) is 11.7. The highest BCUT2D eigenvalue weighted by Crippen LogP contribution is 2.04. The van der Waals surface area contributed by atoms with E-state index in [1.54, 1.807) is 0 Å². The molecule has 1 aromatic carbocycles. The minimum absolute atomic E-state index is 0.155. The van der Waals surface area contributed by atoms with Crippen molar-refractivity contribution in [3.8, 4) is 0 Å². The zero-order chi connectivity index (χ0) is 13.9. The summed E-state index contributed by atoms with van der Waals surface area (Å²) < 4.78 is 5.25. The average molecular weight is 265 g/mol. The van der Waals surface area contributed by atoms with E-state index in [0.29, 0.717) is 13.2 Å². The molecule has 1 aromatic rings. The lowest BCUT2D eigenvalue weighted by Crippen LogP contribution is -2.28. The summed E-state index contributed by atoms with van der Waals surface area (Å²) in [5.74, 6) is -0.337. The number of ether oxygens (including phenoxy) is 1. The van der Waals surface area contributed by atoms with Crippen molar-refractivity contribution in [1.82, 2.24) is 5.32 Å². The van der Waals surface area contributed by atoms with Crippen LogP contribution in [0.5, 0.6) is 0 Å². The smallest absolute Gasteiger partial charge is 0.310 e. The van der Waals surface area contributed by atoms with Crippen LogP contribution in [0.4, 0.5) is 0 Å². The van der Waals surface area contributed by atoms with Crippen molar-refractivity contribution >= 4 is 5.97 Å². The Bertz CT molecular complexity index is 354. The Labute approximate surface area is 114 Å². The van der Waals surface area contributed by atoms with Crippen LogP contribution in [0.25, 0.3) is 0 Å². The zero-order valence-electron chi connectivity index (χ0n) is 11.5. The van der Waals surface area contributed by atoms with Gasteiger partial charge in [0.2, 0.25) is 0 Å². The van der Waals surface area contributed by atoms with Gasteiger partial charge in [0.25, 0.3) is 0 Å². The highest BCUT2D eigenvalue weighted by atomic mass is 16.5. The van der Waals surface area contributed by atoms with Crippen molar-refractivity contribution in [2.24, 2.45) is 5.92 Å². The van der Waals surface area contributed by atoms with Gasteiger partial charge in [0.1, 0.15) is 6.61 Å². The maximum absolute atomic E-state index is 11.7. The lowest BCUT2D eigenvalue weighted by atomic mass is 10.2. The second kappa shape index (κ2) is 9.53. The van der Waals surface area contributed by atoms with Crippen molar-refractivity contribution in [2.75, 3.05) is 19.7 Å². The molecule has 106 valence electrons. The molecule has 0 heterocycles. The number of carbonyl (C=O) groups is 1. The van der Waals surface area contributed by atoms with E-state index in [1.807, 2.05) is 37.3 Å². The number of nitrogens with one attached hydrogen (secondary N) is 1. The third-order valence-corrected chi connectivity index (χ3v) is 2.84. The van der Waals surface area contributed by atoms with Crippen molar-refractivity contribution in [2.45, 2.75) is 26.4 Å². The maximum atomic E-state index is 11.7. The van der Waals surface area contributed by atoms with Crippen LogP contribution in [-0.4, -0.2) is 30.8 Å². The maximum Gasteiger partial charge on any atom is 0.310 e. The van der Waals surface area contributed by atoms with Gasteiger partial charge in [-0.05, 0) is 24.9 Å². The van der Waals surface area contributed by atoms with Crippen LogP contribution in [0.1, 0.15) is 25.3 Å². The third kappa shape index (κ3) is 6.94. The number of aliphatic hydroxyl groups is 1. The molecule has 0 aromatic heterocycles. The Kier molecular flexibility index (Phi) is 7.86. The molecule has 4 nitrogen and oxygen atoms in total.